The van der Waals surface area contributed by atoms with Crippen LogP contribution in [0.15, 0.2) is 0 Å². The molecular formula is C12H20N4O. The van der Waals surface area contributed by atoms with Crippen molar-refractivity contribution in [3.05, 3.63) is 11.6 Å². The Hall–Kier alpha value is -1.39. The highest BCUT2D eigenvalue weighted by atomic mass is 16.2. The third-order valence-corrected chi connectivity index (χ3v) is 3.43. The number of aromatic amines is 1. The van der Waals surface area contributed by atoms with Gasteiger partial charge in [0, 0.05) is 19.5 Å². The van der Waals surface area contributed by atoms with Gasteiger partial charge in [-0.25, -0.2) is 4.98 Å². The number of hydrogen-bond acceptors (Lipinski definition) is 3. The van der Waals surface area contributed by atoms with Gasteiger partial charge in [0.15, 0.2) is 0 Å². The van der Waals surface area contributed by atoms with Gasteiger partial charge < -0.3 is 4.90 Å². The third kappa shape index (κ3) is 2.65. The van der Waals surface area contributed by atoms with Gasteiger partial charge in [0.2, 0.25) is 5.82 Å². The van der Waals surface area contributed by atoms with Crippen molar-refractivity contribution in [1.29, 1.82) is 0 Å². The fourth-order valence-corrected chi connectivity index (χ4v) is 2.03. The minimum atomic E-state index is -0.0460. The van der Waals surface area contributed by atoms with E-state index >= 15 is 0 Å². The molecule has 5 heteroatoms. The normalized spacial score (nSPS) is 15.6. The maximum absolute atomic E-state index is 12.2. The third-order valence-electron chi connectivity index (χ3n) is 3.43. The first-order chi connectivity index (χ1) is 8.24. The number of aromatic nitrogens is 3. The van der Waals surface area contributed by atoms with E-state index in [1.807, 2.05) is 18.7 Å². The molecule has 0 atom stereocenters. The van der Waals surface area contributed by atoms with Crippen LogP contribution in [0.1, 0.15) is 49.6 Å². The van der Waals surface area contributed by atoms with Gasteiger partial charge in [0.25, 0.3) is 5.91 Å². The molecule has 1 aromatic rings. The summed E-state index contributed by atoms with van der Waals surface area (Å²) in [7, 11) is 0. The van der Waals surface area contributed by atoms with Crippen molar-refractivity contribution in [1.82, 2.24) is 20.1 Å². The molecule has 0 saturated heterocycles. The topological polar surface area (TPSA) is 61.9 Å². The molecule has 0 bridgehead atoms. The summed E-state index contributed by atoms with van der Waals surface area (Å²) in [6.07, 6.45) is 4.57. The van der Waals surface area contributed by atoms with Gasteiger partial charge in [-0.05, 0) is 25.7 Å². The second-order valence-electron chi connectivity index (χ2n) is 4.60. The Bertz CT molecular complexity index is 384. The van der Waals surface area contributed by atoms with Gasteiger partial charge in [-0.2, -0.15) is 0 Å². The van der Waals surface area contributed by atoms with Crippen LogP contribution in [-0.2, 0) is 6.42 Å². The Balaban J connectivity index is 1.99. The molecule has 1 amide bonds. The highest BCUT2D eigenvalue weighted by Gasteiger charge is 2.25. The van der Waals surface area contributed by atoms with Gasteiger partial charge in [-0.15, -0.1) is 5.10 Å². The molecule has 0 radical (unpaired) electrons. The second kappa shape index (κ2) is 5.29. The quantitative estimate of drug-likeness (QED) is 0.845. The maximum Gasteiger partial charge on any atom is 0.293 e. The number of hydrogen-bond donors (Lipinski definition) is 1. The number of rotatable bonds is 5. The first-order valence-corrected chi connectivity index (χ1v) is 6.45. The molecule has 1 aliphatic carbocycles. The molecule has 17 heavy (non-hydrogen) atoms. The predicted octanol–water partition coefficient (Wildman–Crippen LogP) is 1.63. The van der Waals surface area contributed by atoms with E-state index in [4.69, 9.17) is 0 Å². The van der Waals surface area contributed by atoms with Gasteiger partial charge in [0.05, 0.1) is 0 Å². The molecular weight excluding hydrogens is 216 g/mol. The number of H-pyrrole nitrogens is 1. The van der Waals surface area contributed by atoms with Crippen molar-refractivity contribution in [3.63, 3.8) is 0 Å². The van der Waals surface area contributed by atoms with E-state index in [2.05, 4.69) is 15.2 Å². The predicted molar refractivity (Wildman–Crippen MR) is 64.7 cm³/mol. The van der Waals surface area contributed by atoms with E-state index in [1.165, 1.54) is 19.3 Å². The molecule has 1 saturated carbocycles. The van der Waals surface area contributed by atoms with E-state index in [1.54, 1.807) is 0 Å². The summed E-state index contributed by atoms with van der Waals surface area (Å²) in [5.74, 6) is 1.72. The highest BCUT2D eigenvalue weighted by molar-refractivity contribution is 5.90. The van der Waals surface area contributed by atoms with Crippen LogP contribution in [0, 0.1) is 5.92 Å². The number of carbonyl (C=O) groups is 1. The molecule has 0 aliphatic heterocycles. The lowest BCUT2D eigenvalue weighted by atomic mass is 9.85. The van der Waals surface area contributed by atoms with Crippen LogP contribution in [-0.4, -0.2) is 39.1 Å². The van der Waals surface area contributed by atoms with Crippen molar-refractivity contribution < 1.29 is 4.79 Å². The molecule has 5 nitrogen and oxygen atoms in total. The Labute approximate surface area is 102 Å². The summed E-state index contributed by atoms with van der Waals surface area (Å²) < 4.78 is 0. The zero-order valence-electron chi connectivity index (χ0n) is 10.6. The van der Waals surface area contributed by atoms with Crippen molar-refractivity contribution in [3.8, 4) is 0 Å². The van der Waals surface area contributed by atoms with Gasteiger partial charge in [0.1, 0.15) is 5.82 Å². The SMILES string of the molecule is CCc1nc(C(=O)N(CC)CC2CCC2)n[nH]1. The standard InChI is InChI=1S/C12H20N4O/c1-3-10-13-11(15-14-10)12(17)16(4-2)8-9-6-5-7-9/h9H,3-8H2,1-2H3,(H,13,14,15). The largest absolute Gasteiger partial charge is 0.336 e. The smallest absolute Gasteiger partial charge is 0.293 e. The second-order valence-corrected chi connectivity index (χ2v) is 4.60. The maximum atomic E-state index is 12.2. The summed E-state index contributed by atoms with van der Waals surface area (Å²) in [6, 6.07) is 0. The minimum absolute atomic E-state index is 0.0460. The van der Waals surface area contributed by atoms with Crippen molar-refractivity contribution in [2.24, 2.45) is 5.92 Å². The molecule has 1 aliphatic rings. The molecule has 1 N–H and O–H groups in total. The van der Waals surface area contributed by atoms with Crippen molar-refractivity contribution in [2.75, 3.05) is 13.1 Å². The Morgan fingerprint density at radius 2 is 2.24 bits per heavy atom. The molecule has 1 aromatic heterocycles. The molecule has 2 rings (SSSR count). The number of amides is 1. The van der Waals surface area contributed by atoms with Crippen LogP contribution < -0.4 is 0 Å². The number of aryl methyl sites for hydroxylation is 1. The molecule has 94 valence electrons. The van der Waals surface area contributed by atoms with Gasteiger partial charge in [-0.1, -0.05) is 13.3 Å². The van der Waals surface area contributed by atoms with E-state index in [0.717, 1.165) is 25.3 Å². The van der Waals surface area contributed by atoms with Crippen LogP contribution in [0.5, 0.6) is 0 Å². The summed E-state index contributed by atoms with van der Waals surface area (Å²) in [5, 5.41) is 6.77. The zero-order chi connectivity index (χ0) is 12.3. The van der Waals surface area contributed by atoms with Crippen LogP contribution in [0.3, 0.4) is 0 Å². The highest BCUT2D eigenvalue weighted by Crippen LogP contribution is 2.27. The summed E-state index contributed by atoms with van der Waals surface area (Å²) in [6.45, 7) is 5.57. The number of nitrogens with zero attached hydrogens (tertiary/aromatic N) is 3. The van der Waals surface area contributed by atoms with Gasteiger partial charge in [-0.3, -0.25) is 9.89 Å². The fraction of sp³-hybridized carbons (Fsp3) is 0.750. The van der Waals surface area contributed by atoms with E-state index in [-0.39, 0.29) is 5.91 Å². The van der Waals surface area contributed by atoms with Crippen LogP contribution in [0.25, 0.3) is 0 Å². The minimum Gasteiger partial charge on any atom is -0.336 e. The van der Waals surface area contributed by atoms with Gasteiger partial charge >= 0.3 is 0 Å². The average molecular weight is 236 g/mol. The molecule has 0 spiro atoms. The first kappa shape index (κ1) is 12.1. The van der Waals surface area contributed by atoms with Crippen LogP contribution in [0.4, 0.5) is 0 Å². The Morgan fingerprint density at radius 1 is 1.47 bits per heavy atom. The lowest BCUT2D eigenvalue weighted by molar-refractivity contribution is 0.0694. The lowest BCUT2D eigenvalue weighted by Crippen LogP contribution is -2.37. The summed E-state index contributed by atoms with van der Waals surface area (Å²) >= 11 is 0. The Kier molecular flexibility index (Phi) is 3.76. The van der Waals surface area contributed by atoms with Crippen LogP contribution >= 0.6 is 0 Å². The van der Waals surface area contributed by atoms with Crippen molar-refractivity contribution in [2.45, 2.75) is 39.5 Å². The Morgan fingerprint density at radius 3 is 2.71 bits per heavy atom. The van der Waals surface area contributed by atoms with E-state index < -0.39 is 0 Å². The first-order valence-electron chi connectivity index (χ1n) is 6.45. The number of carbonyl (C=O) groups excluding carboxylic acids is 1. The van der Waals surface area contributed by atoms with Crippen molar-refractivity contribution >= 4 is 5.91 Å². The average Bonchev–Trinajstić information content (AvgIpc) is 2.75. The molecule has 1 heterocycles. The van der Waals surface area contributed by atoms with Crippen LogP contribution in [0.2, 0.25) is 0 Å². The zero-order valence-corrected chi connectivity index (χ0v) is 10.6. The summed E-state index contributed by atoms with van der Waals surface area (Å²) in [4.78, 5) is 18.2. The lowest BCUT2D eigenvalue weighted by Gasteiger charge is -2.31. The molecule has 1 fully saturated rings. The fourth-order valence-electron chi connectivity index (χ4n) is 2.03. The van der Waals surface area contributed by atoms with E-state index in [9.17, 15) is 4.79 Å². The molecule has 0 aromatic carbocycles. The van der Waals surface area contributed by atoms with E-state index in [0.29, 0.717) is 11.7 Å². The number of nitrogens with one attached hydrogen (secondary N) is 1. The monoisotopic (exact) mass is 236 g/mol. The summed E-state index contributed by atoms with van der Waals surface area (Å²) in [5.41, 5.74) is 0. The molecule has 0 unspecified atom stereocenters.